The van der Waals surface area contributed by atoms with Crippen molar-refractivity contribution in [3.8, 4) is 11.1 Å². The van der Waals surface area contributed by atoms with Gasteiger partial charge in [0.2, 0.25) is 10.0 Å². The summed E-state index contributed by atoms with van der Waals surface area (Å²) in [6.45, 7) is 0.367. The van der Waals surface area contributed by atoms with Gasteiger partial charge in [-0.25, -0.2) is 8.42 Å². The average Bonchev–Trinajstić information content (AvgIpc) is 2.89. The van der Waals surface area contributed by atoms with Crippen LogP contribution in [0.1, 0.15) is 23.1 Å². The summed E-state index contributed by atoms with van der Waals surface area (Å²) in [5, 5.41) is 8.99. The van der Waals surface area contributed by atoms with Crippen LogP contribution in [0.4, 0.5) is 0 Å². The first-order valence-electron chi connectivity index (χ1n) is 11.3. The molecule has 3 aromatic carbocycles. The van der Waals surface area contributed by atoms with E-state index in [4.69, 9.17) is 5.11 Å². The van der Waals surface area contributed by atoms with Crippen molar-refractivity contribution >= 4 is 16.0 Å². The lowest BCUT2D eigenvalue weighted by Crippen LogP contribution is -2.30. The van der Waals surface area contributed by atoms with Crippen molar-refractivity contribution in [1.29, 1.82) is 0 Å². The van der Waals surface area contributed by atoms with E-state index in [2.05, 4.69) is 4.98 Å². The first-order chi connectivity index (χ1) is 16.9. The molecule has 0 spiro atoms. The molecule has 0 unspecified atom stereocenters. The maximum atomic E-state index is 13.6. The summed E-state index contributed by atoms with van der Waals surface area (Å²) < 4.78 is 28.6. The van der Waals surface area contributed by atoms with Crippen LogP contribution in [0.2, 0.25) is 0 Å². The zero-order chi connectivity index (χ0) is 24.7. The van der Waals surface area contributed by atoms with E-state index in [1.807, 2.05) is 60.7 Å². The molecule has 35 heavy (non-hydrogen) atoms. The highest BCUT2D eigenvalue weighted by Gasteiger charge is 2.25. The molecule has 1 N–H and O–H groups in total. The molecule has 4 aromatic rings. The number of aliphatic carboxylic acids is 1. The third kappa shape index (κ3) is 6.41. The van der Waals surface area contributed by atoms with E-state index in [0.717, 1.165) is 27.8 Å². The predicted molar refractivity (Wildman–Crippen MR) is 135 cm³/mol. The highest BCUT2D eigenvalue weighted by molar-refractivity contribution is 7.89. The Morgan fingerprint density at radius 1 is 0.771 bits per heavy atom. The summed E-state index contributed by atoms with van der Waals surface area (Å²) in [6, 6.07) is 27.5. The molecule has 0 aliphatic rings. The third-order valence-corrected chi connectivity index (χ3v) is 7.47. The van der Waals surface area contributed by atoms with Crippen molar-refractivity contribution in [2.24, 2.45) is 0 Å². The topological polar surface area (TPSA) is 87.6 Å². The van der Waals surface area contributed by atoms with E-state index in [-0.39, 0.29) is 24.4 Å². The van der Waals surface area contributed by atoms with E-state index in [9.17, 15) is 13.2 Å². The number of nitrogens with zero attached hydrogens (tertiary/aromatic N) is 2. The molecule has 178 valence electrons. The molecule has 0 aliphatic carbocycles. The van der Waals surface area contributed by atoms with Gasteiger partial charge in [0.25, 0.3) is 0 Å². The van der Waals surface area contributed by atoms with Gasteiger partial charge in [-0.1, -0.05) is 72.8 Å². The van der Waals surface area contributed by atoms with Crippen LogP contribution in [0.5, 0.6) is 0 Å². The average molecular weight is 487 g/mol. The van der Waals surface area contributed by atoms with E-state index >= 15 is 0 Å². The highest BCUT2D eigenvalue weighted by atomic mass is 32.2. The molecule has 6 nitrogen and oxygen atoms in total. The lowest BCUT2D eigenvalue weighted by atomic mass is 10.1. The fourth-order valence-corrected chi connectivity index (χ4v) is 5.28. The number of benzene rings is 3. The molecule has 0 bridgehead atoms. The first-order valence-corrected chi connectivity index (χ1v) is 12.7. The number of rotatable bonds is 10. The Hall–Kier alpha value is -3.81. The summed E-state index contributed by atoms with van der Waals surface area (Å²) in [4.78, 5) is 15.3. The molecule has 0 aliphatic heterocycles. The van der Waals surface area contributed by atoms with Crippen molar-refractivity contribution in [1.82, 2.24) is 9.29 Å². The van der Waals surface area contributed by atoms with Gasteiger partial charge in [-0.15, -0.1) is 0 Å². The number of hydrogen-bond donors (Lipinski definition) is 1. The van der Waals surface area contributed by atoms with Crippen LogP contribution in [0.3, 0.4) is 0 Å². The number of sulfonamides is 1. The molecule has 0 saturated carbocycles. The summed E-state index contributed by atoms with van der Waals surface area (Å²) in [5.41, 5.74) is 4.53. The molecular formula is C28H26N2O4S. The van der Waals surface area contributed by atoms with Crippen molar-refractivity contribution in [3.63, 3.8) is 0 Å². The van der Waals surface area contributed by atoms with E-state index in [1.165, 1.54) is 4.31 Å². The Morgan fingerprint density at radius 3 is 2.17 bits per heavy atom. The van der Waals surface area contributed by atoms with Crippen LogP contribution in [0.15, 0.2) is 108 Å². The summed E-state index contributed by atoms with van der Waals surface area (Å²) >= 11 is 0. The smallest absolute Gasteiger partial charge is 0.303 e. The van der Waals surface area contributed by atoms with Crippen molar-refractivity contribution in [3.05, 3.63) is 120 Å². The molecule has 0 fully saturated rings. The SMILES string of the molecule is O=C(O)CCc1cccc(CN(Cc2ccc(-c3cccnc3)cc2)S(=O)(=O)c2ccccc2)c1. The Bertz CT molecular complexity index is 1370. The fourth-order valence-electron chi connectivity index (χ4n) is 3.85. The van der Waals surface area contributed by atoms with Crippen molar-refractivity contribution in [2.75, 3.05) is 0 Å². The molecule has 0 saturated heterocycles. The fraction of sp³-hybridized carbons (Fsp3) is 0.143. The summed E-state index contributed by atoms with van der Waals surface area (Å²) in [7, 11) is -3.77. The molecule has 4 rings (SSSR count). The maximum Gasteiger partial charge on any atom is 0.303 e. The number of aryl methyl sites for hydroxylation is 1. The lowest BCUT2D eigenvalue weighted by Gasteiger charge is -2.23. The number of carbonyl (C=O) groups is 1. The van der Waals surface area contributed by atoms with Gasteiger partial charge in [0.1, 0.15) is 0 Å². The highest BCUT2D eigenvalue weighted by Crippen LogP contribution is 2.24. The quantitative estimate of drug-likeness (QED) is 0.335. The zero-order valence-corrected chi connectivity index (χ0v) is 19.9. The standard InChI is InChI=1S/C28H26N2O4S/c31-28(32)16-13-22-6-4-7-24(18-22)21-30(35(33,34)27-9-2-1-3-10-27)20-23-11-14-25(15-12-23)26-8-5-17-29-19-26/h1-12,14-15,17-19H,13,16,20-21H2,(H,31,32). The molecule has 1 aromatic heterocycles. The number of hydrogen-bond acceptors (Lipinski definition) is 4. The van der Waals surface area contributed by atoms with Crippen LogP contribution in [-0.4, -0.2) is 28.8 Å². The second-order valence-electron chi connectivity index (χ2n) is 8.24. The molecule has 0 amide bonds. The minimum absolute atomic E-state index is 0.0266. The minimum atomic E-state index is -3.77. The predicted octanol–water partition coefficient (Wildman–Crippen LogP) is 5.16. The number of aromatic nitrogens is 1. The minimum Gasteiger partial charge on any atom is -0.481 e. The number of carboxylic acids is 1. The van der Waals surface area contributed by atoms with Crippen LogP contribution >= 0.6 is 0 Å². The lowest BCUT2D eigenvalue weighted by molar-refractivity contribution is -0.136. The maximum absolute atomic E-state index is 13.6. The van der Waals surface area contributed by atoms with Gasteiger partial charge < -0.3 is 5.11 Å². The Kier molecular flexibility index (Phi) is 7.70. The van der Waals surface area contributed by atoms with Gasteiger partial charge in [0, 0.05) is 31.9 Å². The molecule has 7 heteroatoms. The van der Waals surface area contributed by atoms with Crippen LogP contribution in [0.25, 0.3) is 11.1 Å². The molecule has 1 heterocycles. The number of pyridine rings is 1. The van der Waals surface area contributed by atoms with E-state index < -0.39 is 16.0 Å². The van der Waals surface area contributed by atoms with Gasteiger partial charge in [-0.3, -0.25) is 9.78 Å². The Morgan fingerprint density at radius 2 is 1.49 bits per heavy atom. The third-order valence-electron chi connectivity index (χ3n) is 5.67. The second kappa shape index (κ2) is 11.1. The Balaban J connectivity index is 1.61. The van der Waals surface area contributed by atoms with Crippen molar-refractivity contribution in [2.45, 2.75) is 30.8 Å². The summed E-state index contributed by atoms with van der Waals surface area (Å²) in [5.74, 6) is -0.863. The largest absolute Gasteiger partial charge is 0.481 e. The first kappa shape index (κ1) is 24.3. The van der Waals surface area contributed by atoms with Gasteiger partial charge in [-0.05, 0) is 52.4 Å². The Labute approximate surface area is 205 Å². The van der Waals surface area contributed by atoms with Gasteiger partial charge in [0.15, 0.2) is 0 Å². The monoisotopic (exact) mass is 486 g/mol. The van der Waals surface area contributed by atoms with Crippen LogP contribution in [0, 0.1) is 0 Å². The van der Waals surface area contributed by atoms with E-state index in [0.29, 0.717) is 6.42 Å². The summed E-state index contributed by atoms with van der Waals surface area (Å²) in [6.07, 6.45) is 3.93. The number of carboxylic acid groups (broad SMARTS) is 1. The van der Waals surface area contributed by atoms with Crippen LogP contribution < -0.4 is 0 Å². The van der Waals surface area contributed by atoms with Crippen LogP contribution in [-0.2, 0) is 34.3 Å². The normalized spacial score (nSPS) is 11.5. The van der Waals surface area contributed by atoms with Crippen molar-refractivity contribution < 1.29 is 18.3 Å². The molecule has 0 radical (unpaired) electrons. The second-order valence-corrected chi connectivity index (χ2v) is 10.2. The molecule has 0 atom stereocenters. The van der Waals surface area contributed by atoms with Gasteiger partial charge in [0.05, 0.1) is 4.90 Å². The zero-order valence-electron chi connectivity index (χ0n) is 19.1. The van der Waals surface area contributed by atoms with Gasteiger partial charge >= 0.3 is 5.97 Å². The van der Waals surface area contributed by atoms with Gasteiger partial charge in [-0.2, -0.15) is 4.31 Å². The molecular weight excluding hydrogens is 460 g/mol. The van der Waals surface area contributed by atoms with E-state index in [1.54, 1.807) is 42.7 Å².